The Morgan fingerprint density at radius 1 is 1.32 bits per heavy atom. The third-order valence-electron chi connectivity index (χ3n) is 4.45. The number of carbonyl (C=O) groups is 1. The average molecular weight is 433 g/mol. The fourth-order valence-electron chi connectivity index (χ4n) is 1.96. The molecule has 122 valence electrons. The summed E-state index contributed by atoms with van der Waals surface area (Å²) in [6.45, 7) is 12.1. The second kappa shape index (κ2) is 6.49. The maximum atomic E-state index is 12.0. The molecule has 0 saturated carbocycles. The lowest BCUT2D eigenvalue weighted by atomic mass is 10.2. The Morgan fingerprint density at radius 3 is 2.45 bits per heavy atom. The average Bonchev–Trinajstić information content (AvgIpc) is 2.77. The van der Waals surface area contributed by atoms with Crippen LogP contribution in [0.5, 0.6) is 0 Å². The van der Waals surface area contributed by atoms with Gasteiger partial charge in [0.1, 0.15) is 6.10 Å². The van der Waals surface area contributed by atoms with Crippen molar-refractivity contribution in [2.24, 2.45) is 0 Å². The maximum Gasteiger partial charge on any atom is 0.414 e. The van der Waals surface area contributed by atoms with Crippen LogP contribution in [0.4, 0.5) is 10.5 Å². The van der Waals surface area contributed by atoms with Crippen LogP contribution in [0.2, 0.25) is 18.1 Å². The summed E-state index contributed by atoms with van der Waals surface area (Å²) in [5.41, 5.74) is 0.875. The van der Waals surface area contributed by atoms with Gasteiger partial charge in [0.15, 0.2) is 8.32 Å². The molecule has 0 radical (unpaired) electrons. The van der Waals surface area contributed by atoms with Crippen LogP contribution in [-0.2, 0) is 9.16 Å². The Kier molecular flexibility index (Phi) is 5.23. The van der Waals surface area contributed by atoms with Gasteiger partial charge in [-0.1, -0.05) is 20.8 Å². The molecule has 1 aliphatic heterocycles. The highest BCUT2D eigenvalue weighted by Gasteiger charge is 2.39. The zero-order chi connectivity index (χ0) is 16.5. The lowest BCUT2D eigenvalue weighted by molar-refractivity contribution is 0.0997. The standard InChI is InChI=1S/C16H24INO3Si/c1-16(2,3)22(4,5)20-11-14-10-18(15(19)21-14)13-8-6-12(17)7-9-13/h6-9,14H,10-11H2,1-5H3/t14-/m1/s1. The molecule has 1 aliphatic rings. The second-order valence-corrected chi connectivity index (χ2v) is 13.2. The molecular weight excluding hydrogens is 409 g/mol. The number of rotatable bonds is 4. The number of hydrogen-bond acceptors (Lipinski definition) is 3. The van der Waals surface area contributed by atoms with Gasteiger partial charge < -0.3 is 9.16 Å². The Hall–Kier alpha value is -0.603. The SMILES string of the molecule is CC(C)(C)[Si](C)(C)OC[C@H]1CN(c2ccc(I)cc2)C(=O)O1. The van der Waals surface area contributed by atoms with E-state index in [1.165, 1.54) is 0 Å². The number of amides is 1. The summed E-state index contributed by atoms with van der Waals surface area (Å²) in [4.78, 5) is 13.7. The zero-order valence-corrected chi connectivity index (χ0v) is 17.0. The van der Waals surface area contributed by atoms with E-state index in [1.54, 1.807) is 4.90 Å². The lowest BCUT2D eigenvalue weighted by Crippen LogP contribution is -2.43. The fourth-order valence-corrected chi connectivity index (χ4v) is 3.35. The van der Waals surface area contributed by atoms with Gasteiger partial charge in [-0.15, -0.1) is 0 Å². The molecule has 1 saturated heterocycles. The first-order valence-corrected chi connectivity index (χ1v) is 11.5. The normalized spacial score (nSPS) is 19.5. The molecule has 1 aromatic carbocycles. The van der Waals surface area contributed by atoms with E-state index in [0.29, 0.717) is 13.2 Å². The van der Waals surface area contributed by atoms with Gasteiger partial charge in [-0.05, 0) is 65.0 Å². The van der Waals surface area contributed by atoms with Crippen LogP contribution in [0.15, 0.2) is 24.3 Å². The first-order chi connectivity index (χ1) is 10.1. The van der Waals surface area contributed by atoms with Gasteiger partial charge in [-0.3, -0.25) is 4.90 Å². The van der Waals surface area contributed by atoms with Gasteiger partial charge in [-0.2, -0.15) is 0 Å². The smallest absolute Gasteiger partial charge is 0.414 e. The third kappa shape index (κ3) is 4.02. The highest BCUT2D eigenvalue weighted by Crippen LogP contribution is 2.37. The van der Waals surface area contributed by atoms with Crippen molar-refractivity contribution < 1.29 is 14.0 Å². The number of hydrogen-bond donors (Lipinski definition) is 0. The molecule has 6 heteroatoms. The van der Waals surface area contributed by atoms with Crippen molar-refractivity contribution in [3.63, 3.8) is 0 Å². The molecule has 0 bridgehead atoms. The monoisotopic (exact) mass is 433 g/mol. The summed E-state index contributed by atoms with van der Waals surface area (Å²) in [6, 6.07) is 7.87. The van der Waals surface area contributed by atoms with Crippen LogP contribution in [0.3, 0.4) is 0 Å². The first kappa shape index (κ1) is 17.7. The zero-order valence-electron chi connectivity index (χ0n) is 13.9. The summed E-state index contributed by atoms with van der Waals surface area (Å²) in [5.74, 6) is 0. The molecule has 4 nitrogen and oxygen atoms in total. The molecule has 1 fully saturated rings. The van der Waals surface area contributed by atoms with Gasteiger partial charge in [0.25, 0.3) is 0 Å². The van der Waals surface area contributed by atoms with E-state index in [1.807, 2.05) is 24.3 Å². The number of cyclic esters (lactones) is 1. The van der Waals surface area contributed by atoms with Crippen molar-refractivity contribution in [2.75, 3.05) is 18.1 Å². The van der Waals surface area contributed by atoms with E-state index >= 15 is 0 Å². The van der Waals surface area contributed by atoms with E-state index in [2.05, 4.69) is 56.5 Å². The fraction of sp³-hybridized carbons (Fsp3) is 0.562. The molecule has 1 aromatic rings. The maximum absolute atomic E-state index is 12.0. The molecule has 1 heterocycles. The number of nitrogens with zero attached hydrogens (tertiary/aromatic N) is 1. The van der Waals surface area contributed by atoms with Gasteiger partial charge in [0.2, 0.25) is 0 Å². The number of ether oxygens (including phenoxy) is 1. The van der Waals surface area contributed by atoms with Gasteiger partial charge in [0, 0.05) is 9.26 Å². The van der Waals surface area contributed by atoms with E-state index in [4.69, 9.17) is 9.16 Å². The summed E-state index contributed by atoms with van der Waals surface area (Å²) in [6.07, 6.45) is -0.481. The van der Waals surface area contributed by atoms with Crippen molar-refractivity contribution >= 4 is 42.7 Å². The van der Waals surface area contributed by atoms with Gasteiger partial charge in [0.05, 0.1) is 13.2 Å². The minimum Gasteiger partial charge on any atom is -0.442 e. The van der Waals surface area contributed by atoms with Gasteiger partial charge in [-0.25, -0.2) is 4.79 Å². The van der Waals surface area contributed by atoms with E-state index in [9.17, 15) is 4.79 Å². The van der Waals surface area contributed by atoms with Crippen LogP contribution < -0.4 is 4.90 Å². The van der Waals surface area contributed by atoms with Crippen LogP contribution in [0.1, 0.15) is 20.8 Å². The molecule has 0 aromatic heterocycles. The topological polar surface area (TPSA) is 38.8 Å². The minimum atomic E-state index is -1.81. The van der Waals surface area contributed by atoms with Crippen LogP contribution in [-0.4, -0.2) is 33.7 Å². The molecule has 1 atom stereocenters. The van der Waals surface area contributed by atoms with Gasteiger partial charge >= 0.3 is 6.09 Å². The predicted molar refractivity (Wildman–Crippen MR) is 99.9 cm³/mol. The largest absolute Gasteiger partial charge is 0.442 e. The number of halogens is 1. The molecule has 2 rings (SSSR count). The van der Waals surface area contributed by atoms with Crippen LogP contribution in [0, 0.1) is 3.57 Å². The van der Waals surface area contributed by atoms with Crippen molar-refractivity contribution in [3.8, 4) is 0 Å². The number of anilines is 1. The molecule has 0 N–H and O–H groups in total. The highest BCUT2D eigenvalue weighted by atomic mass is 127. The Morgan fingerprint density at radius 2 is 1.91 bits per heavy atom. The van der Waals surface area contributed by atoms with E-state index in [0.717, 1.165) is 9.26 Å². The summed E-state index contributed by atoms with van der Waals surface area (Å²) < 4.78 is 12.8. The van der Waals surface area contributed by atoms with Crippen LogP contribution >= 0.6 is 22.6 Å². The summed E-state index contributed by atoms with van der Waals surface area (Å²) in [5, 5.41) is 0.158. The first-order valence-electron chi connectivity index (χ1n) is 7.48. The van der Waals surface area contributed by atoms with E-state index in [-0.39, 0.29) is 17.2 Å². The predicted octanol–water partition coefficient (Wildman–Crippen LogP) is 4.64. The lowest BCUT2D eigenvalue weighted by Gasteiger charge is -2.36. The molecule has 0 spiro atoms. The summed E-state index contributed by atoms with van der Waals surface area (Å²) >= 11 is 2.25. The molecule has 0 unspecified atom stereocenters. The Labute approximate surface area is 147 Å². The molecule has 0 aliphatic carbocycles. The van der Waals surface area contributed by atoms with Crippen molar-refractivity contribution in [1.82, 2.24) is 0 Å². The van der Waals surface area contributed by atoms with Crippen molar-refractivity contribution in [3.05, 3.63) is 27.8 Å². The third-order valence-corrected chi connectivity index (χ3v) is 9.67. The molecular formula is C16H24INO3Si. The molecule has 1 amide bonds. The quantitative estimate of drug-likeness (QED) is 0.513. The Balaban J connectivity index is 1.97. The number of carbonyl (C=O) groups excluding carboxylic acids is 1. The number of benzene rings is 1. The van der Waals surface area contributed by atoms with E-state index < -0.39 is 8.32 Å². The van der Waals surface area contributed by atoms with Crippen molar-refractivity contribution in [1.29, 1.82) is 0 Å². The second-order valence-electron chi connectivity index (χ2n) is 7.16. The minimum absolute atomic E-state index is 0.158. The Bertz CT molecular complexity index is 539. The highest BCUT2D eigenvalue weighted by molar-refractivity contribution is 14.1. The van der Waals surface area contributed by atoms with Crippen molar-refractivity contribution in [2.45, 2.75) is 45.0 Å². The van der Waals surface area contributed by atoms with Crippen LogP contribution in [0.25, 0.3) is 0 Å². The summed E-state index contributed by atoms with van der Waals surface area (Å²) in [7, 11) is -1.81. The molecule has 22 heavy (non-hydrogen) atoms.